The SMILES string of the molecule is CCN1C(=O)C(=O)N(CN2CCCc3cc(S(=O)(=O)N(CC)CC)ccc32)C1=O. The Balaban J connectivity index is 1.88. The van der Waals surface area contributed by atoms with Gasteiger partial charge in [-0.3, -0.25) is 14.5 Å². The predicted octanol–water partition coefficient (Wildman–Crippen LogP) is 1.24. The third-order valence-corrected chi connectivity index (χ3v) is 7.42. The maximum absolute atomic E-state index is 12.8. The highest BCUT2D eigenvalue weighted by Crippen LogP contribution is 2.31. The molecule has 1 aromatic carbocycles. The second-order valence-electron chi connectivity index (χ2n) is 6.95. The number of amides is 4. The number of urea groups is 1. The molecule has 1 fully saturated rings. The highest BCUT2D eigenvalue weighted by Gasteiger charge is 2.44. The van der Waals surface area contributed by atoms with Crippen LogP contribution in [-0.4, -0.2) is 73.2 Å². The van der Waals surface area contributed by atoms with Gasteiger partial charge >= 0.3 is 17.8 Å². The van der Waals surface area contributed by atoms with Crippen LogP contribution in [0.4, 0.5) is 10.5 Å². The molecule has 0 aliphatic carbocycles. The zero-order valence-electron chi connectivity index (χ0n) is 16.9. The van der Waals surface area contributed by atoms with Crippen LogP contribution in [0.25, 0.3) is 0 Å². The van der Waals surface area contributed by atoms with Crippen molar-refractivity contribution in [2.24, 2.45) is 0 Å². The Morgan fingerprint density at radius 1 is 1.00 bits per heavy atom. The quantitative estimate of drug-likeness (QED) is 0.484. The van der Waals surface area contributed by atoms with Gasteiger partial charge in [0.25, 0.3) is 0 Å². The molecule has 158 valence electrons. The summed E-state index contributed by atoms with van der Waals surface area (Å²) in [6.07, 6.45) is 1.46. The van der Waals surface area contributed by atoms with Crippen LogP contribution in [0.5, 0.6) is 0 Å². The first-order valence-electron chi connectivity index (χ1n) is 9.81. The third kappa shape index (κ3) is 3.62. The maximum atomic E-state index is 12.8. The molecule has 0 unspecified atom stereocenters. The molecule has 1 saturated heterocycles. The van der Waals surface area contributed by atoms with Gasteiger partial charge in [0, 0.05) is 31.9 Å². The smallest absolute Gasteiger partial charge is 0.335 e. The summed E-state index contributed by atoms with van der Waals surface area (Å²) in [6, 6.07) is 4.33. The summed E-state index contributed by atoms with van der Waals surface area (Å²) >= 11 is 0. The Morgan fingerprint density at radius 2 is 1.66 bits per heavy atom. The molecule has 3 rings (SSSR count). The Labute approximate surface area is 170 Å². The van der Waals surface area contributed by atoms with E-state index in [-0.39, 0.29) is 18.1 Å². The number of aryl methyl sites for hydroxylation is 1. The number of nitrogens with zero attached hydrogens (tertiary/aromatic N) is 4. The van der Waals surface area contributed by atoms with E-state index >= 15 is 0 Å². The Bertz CT molecular complexity index is 942. The van der Waals surface area contributed by atoms with E-state index in [9.17, 15) is 22.8 Å². The van der Waals surface area contributed by atoms with Crippen molar-refractivity contribution in [3.8, 4) is 0 Å². The van der Waals surface area contributed by atoms with Gasteiger partial charge in [0.1, 0.15) is 6.67 Å². The number of benzene rings is 1. The molecular weight excluding hydrogens is 396 g/mol. The van der Waals surface area contributed by atoms with Gasteiger partial charge < -0.3 is 4.90 Å². The van der Waals surface area contributed by atoms with E-state index in [1.807, 2.05) is 4.90 Å². The number of anilines is 1. The standard InChI is InChI=1S/C19H26N4O5S/c1-4-21(5-2)29(27,28)15-9-10-16-14(12-15)8-7-11-20(16)13-23-18(25)17(24)22(6-3)19(23)26/h9-10,12H,4-8,11,13H2,1-3H3. The van der Waals surface area contributed by atoms with E-state index in [1.54, 1.807) is 39.0 Å². The predicted molar refractivity (Wildman–Crippen MR) is 107 cm³/mol. The highest BCUT2D eigenvalue weighted by molar-refractivity contribution is 7.89. The molecule has 29 heavy (non-hydrogen) atoms. The van der Waals surface area contributed by atoms with Crippen LogP contribution in [0.1, 0.15) is 32.8 Å². The molecular formula is C19H26N4O5S. The summed E-state index contributed by atoms with van der Waals surface area (Å²) in [6.45, 7) is 6.73. The minimum absolute atomic E-state index is 0.0327. The van der Waals surface area contributed by atoms with E-state index in [0.29, 0.717) is 26.1 Å². The monoisotopic (exact) mass is 422 g/mol. The molecule has 0 spiro atoms. The Kier molecular flexibility index (Phi) is 5.95. The average Bonchev–Trinajstić information content (AvgIpc) is 2.91. The van der Waals surface area contributed by atoms with E-state index in [4.69, 9.17) is 0 Å². The molecule has 4 amide bonds. The second kappa shape index (κ2) is 8.11. The summed E-state index contributed by atoms with van der Waals surface area (Å²) in [7, 11) is -3.57. The van der Waals surface area contributed by atoms with Crippen molar-refractivity contribution >= 4 is 33.6 Å². The molecule has 9 nitrogen and oxygen atoms in total. The third-order valence-electron chi connectivity index (χ3n) is 5.37. The van der Waals surface area contributed by atoms with Crippen LogP contribution in [0.3, 0.4) is 0 Å². The van der Waals surface area contributed by atoms with E-state index in [1.165, 1.54) is 4.31 Å². The summed E-state index contributed by atoms with van der Waals surface area (Å²) in [4.78, 5) is 40.5. The molecule has 1 aromatic rings. The van der Waals surface area contributed by atoms with Crippen LogP contribution >= 0.6 is 0 Å². The van der Waals surface area contributed by atoms with Gasteiger partial charge in [-0.25, -0.2) is 18.1 Å². The second-order valence-corrected chi connectivity index (χ2v) is 8.89. The van der Waals surface area contributed by atoms with Gasteiger partial charge in [-0.15, -0.1) is 0 Å². The number of fused-ring (bicyclic) bond motifs is 1. The molecule has 2 aliphatic heterocycles. The lowest BCUT2D eigenvalue weighted by atomic mass is 10.0. The van der Waals surface area contributed by atoms with Gasteiger partial charge in [-0.05, 0) is 43.5 Å². The first-order valence-corrected chi connectivity index (χ1v) is 11.3. The minimum atomic E-state index is -3.57. The molecule has 0 bridgehead atoms. The van der Waals surface area contributed by atoms with Gasteiger partial charge in [0.05, 0.1) is 4.90 Å². The summed E-state index contributed by atoms with van der Waals surface area (Å²) in [5.74, 6) is -1.64. The lowest BCUT2D eigenvalue weighted by molar-refractivity contribution is -0.143. The maximum Gasteiger partial charge on any atom is 0.335 e. The van der Waals surface area contributed by atoms with Crippen LogP contribution < -0.4 is 4.90 Å². The number of carbonyl (C=O) groups is 3. The van der Waals surface area contributed by atoms with Crippen molar-refractivity contribution in [1.29, 1.82) is 0 Å². The van der Waals surface area contributed by atoms with Crippen LogP contribution in [0.2, 0.25) is 0 Å². The number of hydrogen-bond donors (Lipinski definition) is 0. The fraction of sp³-hybridized carbons (Fsp3) is 0.526. The number of sulfonamides is 1. The Morgan fingerprint density at radius 3 is 2.24 bits per heavy atom. The number of imide groups is 2. The largest absolute Gasteiger partial charge is 0.353 e. The zero-order valence-corrected chi connectivity index (χ0v) is 17.7. The van der Waals surface area contributed by atoms with Crippen molar-refractivity contribution in [2.75, 3.05) is 37.7 Å². The van der Waals surface area contributed by atoms with E-state index < -0.39 is 27.9 Å². The first-order chi connectivity index (χ1) is 13.8. The summed E-state index contributed by atoms with van der Waals surface area (Å²) < 4.78 is 27.0. The lowest BCUT2D eigenvalue weighted by Crippen LogP contribution is -2.44. The lowest BCUT2D eigenvalue weighted by Gasteiger charge is -2.33. The van der Waals surface area contributed by atoms with Crippen molar-refractivity contribution in [2.45, 2.75) is 38.5 Å². The molecule has 0 N–H and O–H groups in total. The highest BCUT2D eigenvalue weighted by atomic mass is 32.2. The van der Waals surface area contributed by atoms with Gasteiger partial charge in [0.2, 0.25) is 10.0 Å². The van der Waals surface area contributed by atoms with E-state index in [0.717, 1.165) is 27.5 Å². The molecule has 0 radical (unpaired) electrons. The molecule has 2 aliphatic rings. The summed E-state index contributed by atoms with van der Waals surface area (Å²) in [5, 5.41) is 0. The van der Waals surface area contributed by atoms with Gasteiger partial charge in [-0.1, -0.05) is 13.8 Å². The topological polar surface area (TPSA) is 98.3 Å². The summed E-state index contributed by atoms with van der Waals surface area (Å²) in [5.41, 5.74) is 1.62. The van der Waals surface area contributed by atoms with Crippen molar-refractivity contribution in [3.63, 3.8) is 0 Å². The number of rotatable bonds is 7. The number of likely N-dealkylation sites (N-methyl/N-ethyl adjacent to an activating group) is 1. The van der Waals surface area contributed by atoms with Gasteiger partial charge in [0.15, 0.2) is 0 Å². The van der Waals surface area contributed by atoms with Crippen LogP contribution in [0, 0.1) is 0 Å². The Hall–Kier alpha value is -2.46. The van der Waals surface area contributed by atoms with Crippen molar-refractivity contribution in [3.05, 3.63) is 23.8 Å². The van der Waals surface area contributed by atoms with Crippen molar-refractivity contribution in [1.82, 2.24) is 14.1 Å². The van der Waals surface area contributed by atoms with Crippen molar-refractivity contribution < 1.29 is 22.8 Å². The molecule has 0 atom stereocenters. The van der Waals surface area contributed by atoms with E-state index in [2.05, 4.69) is 0 Å². The minimum Gasteiger partial charge on any atom is -0.353 e. The first kappa shape index (κ1) is 21.3. The zero-order chi connectivity index (χ0) is 21.3. The molecule has 10 heteroatoms. The van der Waals surface area contributed by atoms with Gasteiger partial charge in [-0.2, -0.15) is 4.31 Å². The molecule has 2 heterocycles. The number of hydrogen-bond acceptors (Lipinski definition) is 6. The fourth-order valence-corrected chi connectivity index (χ4v) is 5.31. The van der Waals surface area contributed by atoms with Crippen LogP contribution in [0.15, 0.2) is 23.1 Å². The molecule has 0 aromatic heterocycles. The normalized spacial score (nSPS) is 17.5. The fourth-order valence-electron chi connectivity index (χ4n) is 3.80. The average molecular weight is 423 g/mol. The van der Waals surface area contributed by atoms with Crippen LogP contribution in [-0.2, 0) is 26.0 Å². The number of carbonyl (C=O) groups excluding carboxylic acids is 3. The molecule has 0 saturated carbocycles.